The van der Waals surface area contributed by atoms with Crippen LogP contribution in [0.3, 0.4) is 0 Å². The van der Waals surface area contributed by atoms with Crippen molar-refractivity contribution in [3.05, 3.63) is 29.6 Å². The minimum absolute atomic E-state index is 0.298. The summed E-state index contributed by atoms with van der Waals surface area (Å²) in [6, 6.07) is 5.42. The summed E-state index contributed by atoms with van der Waals surface area (Å²) >= 11 is 0. The lowest BCUT2D eigenvalue weighted by molar-refractivity contribution is 0.0699. The number of fused-ring (bicyclic) bond motifs is 1. The summed E-state index contributed by atoms with van der Waals surface area (Å²) in [5, 5.41) is 9.28. The number of para-hydroxylation sites is 1. The van der Waals surface area contributed by atoms with Crippen molar-refractivity contribution in [2.45, 2.75) is 46.1 Å². The van der Waals surface area contributed by atoms with Crippen LogP contribution in [0.2, 0.25) is 0 Å². The molecule has 0 amide bonds. The summed E-state index contributed by atoms with van der Waals surface area (Å²) in [5.74, 6) is 1.54. The zero-order valence-corrected chi connectivity index (χ0v) is 12.7. The molecular weight excluding hydrogens is 264 g/mol. The Morgan fingerprint density at radius 2 is 2.05 bits per heavy atom. The molecule has 0 bridgehead atoms. The molecule has 4 heteroatoms. The van der Waals surface area contributed by atoms with Crippen LogP contribution in [0.15, 0.2) is 18.2 Å². The van der Waals surface area contributed by atoms with Gasteiger partial charge in [0.1, 0.15) is 11.3 Å². The van der Waals surface area contributed by atoms with Gasteiger partial charge < -0.3 is 9.67 Å². The van der Waals surface area contributed by atoms with E-state index in [1.165, 1.54) is 25.7 Å². The van der Waals surface area contributed by atoms with E-state index in [2.05, 4.69) is 16.5 Å². The number of nitrogens with zero attached hydrogens (tertiary/aromatic N) is 2. The van der Waals surface area contributed by atoms with Crippen LogP contribution in [0.4, 0.5) is 0 Å². The smallest absolute Gasteiger partial charge is 0.337 e. The first-order valence-electron chi connectivity index (χ1n) is 7.75. The maximum atomic E-state index is 11.3. The molecule has 1 aliphatic carbocycles. The molecule has 3 rings (SSSR count). The molecule has 1 aliphatic rings. The molecule has 0 radical (unpaired) electrons. The third kappa shape index (κ3) is 2.67. The van der Waals surface area contributed by atoms with Crippen molar-refractivity contribution in [2.24, 2.45) is 11.8 Å². The lowest BCUT2D eigenvalue weighted by atomic mass is 9.83. The quantitative estimate of drug-likeness (QED) is 0.931. The van der Waals surface area contributed by atoms with Gasteiger partial charge >= 0.3 is 5.97 Å². The minimum atomic E-state index is -0.906. The van der Waals surface area contributed by atoms with Crippen LogP contribution in [0.5, 0.6) is 0 Å². The molecule has 2 aromatic rings. The predicted octanol–water partition coefficient (Wildman–Crippen LogP) is 3.87. The van der Waals surface area contributed by atoms with Crippen LogP contribution >= 0.6 is 0 Å². The number of carboxylic acid groups (broad SMARTS) is 1. The predicted molar refractivity (Wildman–Crippen MR) is 82.6 cm³/mol. The first kappa shape index (κ1) is 14.1. The maximum absolute atomic E-state index is 11.3. The molecule has 0 atom stereocenters. The van der Waals surface area contributed by atoms with Crippen LogP contribution in [0, 0.1) is 18.8 Å². The van der Waals surface area contributed by atoms with E-state index in [0.29, 0.717) is 17.0 Å². The number of aryl methyl sites for hydroxylation is 1. The summed E-state index contributed by atoms with van der Waals surface area (Å²) in [5.41, 5.74) is 1.87. The Morgan fingerprint density at radius 3 is 2.71 bits per heavy atom. The Morgan fingerprint density at radius 1 is 1.33 bits per heavy atom. The molecule has 1 heterocycles. The average molecular weight is 286 g/mol. The summed E-state index contributed by atoms with van der Waals surface area (Å²) < 4.78 is 2.20. The highest BCUT2D eigenvalue weighted by Crippen LogP contribution is 2.31. The van der Waals surface area contributed by atoms with Gasteiger partial charge in [-0.3, -0.25) is 0 Å². The fraction of sp³-hybridized carbons (Fsp3) is 0.529. The number of aromatic nitrogens is 2. The largest absolute Gasteiger partial charge is 0.478 e. The molecule has 4 nitrogen and oxygen atoms in total. The molecule has 1 fully saturated rings. The van der Waals surface area contributed by atoms with Crippen LogP contribution in [-0.4, -0.2) is 20.6 Å². The monoisotopic (exact) mass is 286 g/mol. The topological polar surface area (TPSA) is 55.1 Å². The normalized spacial score (nSPS) is 22.6. The standard InChI is InChI=1S/C17H22N2O2/c1-11-6-8-13(9-7-11)10-19-12(2)18-16-14(17(20)21)4-3-5-15(16)19/h3-5,11,13H,6-10H2,1-2H3,(H,20,21). The number of hydrogen-bond acceptors (Lipinski definition) is 2. The van der Waals surface area contributed by atoms with E-state index in [1.807, 2.05) is 19.1 Å². The Labute approximate surface area is 124 Å². The summed E-state index contributed by atoms with van der Waals surface area (Å²) in [6.07, 6.45) is 5.13. The van der Waals surface area contributed by atoms with Crippen molar-refractivity contribution in [2.75, 3.05) is 0 Å². The van der Waals surface area contributed by atoms with Gasteiger partial charge in [-0.25, -0.2) is 9.78 Å². The van der Waals surface area contributed by atoms with Gasteiger partial charge in [0, 0.05) is 6.54 Å². The number of carboxylic acids is 1. The van der Waals surface area contributed by atoms with Gasteiger partial charge in [-0.05, 0) is 43.7 Å². The summed E-state index contributed by atoms with van der Waals surface area (Å²) in [6.45, 7) is 5.25. The van der Waals surface area contributed by atoms with Crippen molar-refractivity contribution in [1.82, 2.24) is 9.55 Å². The van der Waals surface area contributed by atoms with Gasteiger partial charge in [0.25, 0.3) is 0 Å². The van der Waals surface area contributed by atoms with E-state index >= 15 is 0 Å². The molecule has 1 aromatic carbocycles. The second-order valence-electron chi connectivity index (χ2n) is 6.37. The lowest BCUT2D eigenvalue weighted by Crippen LogP contribution is -2.18. The Balaban J connectivity index is 1.94. The van der Waals surface area contributed by atoms with Crippen molar-refractivity contribution < 1.29 is 9.90 Å². The number of hydrogen-bond donors (Lipinski definition) is 1. The van der Waals surface area contributed by atoms with E-state index in [-0.39, 0.29) is 0 Å². The summed E-state index contributed by atoms with van der Waals surface area (Å²) in [7, 11) is 0. The van der Waals surface area contributed by atoms with Crippen LogP contribution in [-0.2, 0) is 6.54 Å². The van der Waals surface area contributed by atoms with Crippen molar-refractivity contribution in [1.29, 1.82) is 0 Å². The van der Waals surface area contributed by atoms with Gasteiger partial charge in [0.05, 0.1) is 11.1 Å². The first-order valence-corrected chi connectivity index (χ1v) is 7.75. The molecule has 0 spiro atoms. The van der Waals surface area contributed by atoms with Gasteiger partial charge in [0.2, 0.25) is 0 Å². The molecule has 1 N–H and O–H groups in total. The van der Waals surface area contributed by atoms with E-state index in [9.17, 15) is 9.90 Å². The Bertz CT molecular complexity index is 667. The highest BCUT2D eigenvalue weighted by Gasteiger charge is 2.21. The molecule has 1 saturated carbocycles. The number of aromatic carboxylic acids is 1. The highest BCUT2D eigenvalue weighted by molar-refractivity contribution is 6.01. The van der Waals surface area contributed by atoms with E-state index in [4.69, 9.17) is 0 Å². The average Bonchev–Trinajstić information content (AvgIpc) is 2.77. The second-order valence-corrected chi connectivity index (χ2v) is 6.37. The molecule has 0 saturated heterocycles. The number of rotatable bonds is 3. The highest BCUT2D eigenvalue weighted by atomic mass is 16.4. The molecule has 0 aliphatic heterocycles. The van der Waals surface area contributed by atoms with E-state index in [1.54, 1.807) is 6.07 Å². The van der Waals surface area contributed by atoms with Crippen molar-refractivity contribution in [3.63, 3.8) is 0 Å². The number of benzene rings is 1. The van der Waals surface area contributed by atoms with Gasteiger partial charge in [0.15, 0.2) is 0 Å². The number of imidazole rings is 1. The summed E-state index contributed by atoms with van der Waals surface area (Å²) in [4.78, 5) is 15.8. The maximum Gasteiger partial charge on any atom is 0.337 e. The van der Waals surface area contributed by atoms with Crippen LogP contribution in [0.1, 0.15) is 48.8 Å². The zero-order valence-electron chi connectivity index (χ0n) is 12.7. The van der Waals surface area contributed by atoms with Gasteiger partial charge in [-0.2, -0.15) is 0 Å². The third-order valence-electron chi connectivity index (χ3n) is 4.78. The second kappa shape index (κ2) is 5.51. The Hall–Kier alpha value is -1.84. The van der Waals surface area contributed by atoms with Crippen LogP contribution in [0.25, 0.3) is 11.0 Å². The zero-order chi connectivity index (χ0) is 15.0. The van der Waals surface area contributed by atoms with Crippen LogP contribution < -0.4 is 0 Å². The SMILES string of the molecule is Cc1nc2c(C(=O)O)cccc2n1CC1CCC(C)CC1. The molecule has 0 unspecified atom stereocenters. The first-order chi connectivity index (χ1) is 10.1. The van der Waals surface area contributed by atoms with Crippen molar-refractivity contribution >= 4 is 17.0 Å². The number of carbonyl (C=O) groups is 1. The fourth-order valence-electron chi connectivity index (χ4n) is 3.44. The van der Waals surface area contributed by atoms with E-state index in [0.717, 1.165) is 23.8 Å². The molecule has 21 heavy (non-hydrogen) atoms. The molecule has 1 aromatic heterocycles. The Kier molecular flexibility index (Phi) is 3.70. The van der Waals surface area contributed by atoms with Gasteiger partial charge in [-0.15, -0.1) is 0 Å². The van der Waals surface area contributed by atoms with Gasteiger partial charge in [-0.1, -0.05) is 25.8 Å². The molecular formula is C17H22N2O2. The van der Waals surface area contributed by atoms with Crippen molar-refractivity contribution in [3.8, 4) is 0 Å². The molecule has 112 valence electrons. The fourth-order valence-corrected chi connectivity index (χ4v) is 3.44. The van der Waals surface area contributed by atoms with E-state index < -0.39 is 5.97 Å². The lowest BCUT2D eigenvalue weighted by Gasteiger charge is -2.27. The third-order valence-corrected chi connectivity index (χ3v) is 4.78. The minimum Gasteiger partial charge on any atom is -0.478 e.